The van der Waals surface area contributed by atoms with Crippen LogP contribution < -0.4 is 23.7 Å². The number of aromatic nitrogens is 4. The monoisotopic (exact) mass is 1820 g/mol. The van der Waals surface area contributed by atoms with Crippen LogP contribution in [0.5, 0.6) is 34.5 Å². The predicted octanol–water partition coefficient (Wildman–Crippen LogP) is 16.0. The molecule has 0 unspecified atom stereocenters. The number of fused-ring (bicyclic) bond motifs is 8. The van der Waals surface area contributed by atoms with Gasteiger partial charge in [-0.05, 0) is 221 Å². The fourth-order valence-electron chi connectivity index (χ4n) is 19.7. The number of hydrogen-bond acceptors (Lipinski definition) is 17. The summed E-state index contributed by atoms with van der Waals surface area (Å²) < 4.78 is 113. The first kappa shape index (κ1) is 94.6. The molecule has 25 nitrogen and oxygen atoms in total. The van der Waals surface area contributed by atoms with Crippen molar-refractivity contribution in [1.29, 1.82) is 0 Å². The molecular formula is C93H111Cl3F6N12O13. The second-order valence-corrected chi connectivity index (χ2v) is 35.1. The van der Waals surface area contributed by atoms with Gasteiger partial charge in [0.1, 0.15) is 16.7 Å². The molecule has 0 radical (unpaired) electrons. The van der Waals surface area contributed by atoms with Gasteiger partial charge in [-0.25, -0.2) is 0 Å². The summed E-state index contributed by atoms with van der Waals surface area (Å²) in [5, 5.41) is 10.8. The Bertz CT molecular complexity index is 5380. The lowest BCUT2D eigenvalue weighted by Gasteiger charge is -2.53. The van der Waals surface area contributed by atoms with E-state index in [4.69, 9.17) is 58.5 Å². The highest BCUT2D eigenvalue weighted by Crippen LogP contribution is 2.49. The van der Waals surface area contributed by atoms with Gasteiger partial charge >= 0.3 is 12.4 Å². The first-order valence-corrected chi connectivity index (χ1v) is 44.3. The fraction of sp³-hybridized carbons (Fsp3) is 0.495. The second kappa shape index (κ2) is 38.7. The number of unbranched alkanes of at least 4 members (excludes halogenated alkanes) is 1. The number of methoxy groups -OCH3 is 3. The summed E-state index contributed by atoms with van der Waals surface area (Å²) in [5.74, 6) is -0.987. The SMILES string of the molecule is CCCCOc1ccc(C(=O)N2CCC3(CC2)c2ccc(C(C)=O)n2CCN3C)cc1OC.CCCOc1ccc(C(=O)N2CCC3(CC2)c2ccc(Cl)n2CCN3C)cc1OC.COc1ccc(C(=O)N2CCC3(CC2)c2ccc(C(=O)C(F)(F)F)n2CCN3C)cc1Cl.C[C@H]1Cn2c(C(=O)C(F)(F)F)ccc2C2(CCN(C(=O)c3ccc(O)c(Cl)c3)CC2)N1C. The predicted molar refractivity (Wildman–Crippen MR) is 469 cm³/mol. The van der Waals surface area contributed by atoms with E-state index in [-0.39, 0.29) is 75.2 Å². The topological polar surface area (TPSA) is 232 Å². The highest BCUT2D eigenvalue weighted by Gasteiger charge is 2.53. The van der Waals surface area contributed by atoms with Crippen molar-refractivity contribution in [3.63, 3.8) is 0 Å². The number of aromatic hydroxyl groups is 1. The number of phenols is 1. The van der Waals surface area contributed by atoms with Gasteiger partial charge in [0.25, 0.3) is 35.2 Å². The molecule has 34 heteroatoms. The molecule has 0 saturated carbocycles. The van der Waals surface area contributed by atoms with Crippen LogP contribution in [0.25, 0.3) is 0 Å². The van der Waals surface area contributed by atoms with E-state index in [9.17, 15) is 65.0 Å². The Balaban J connectivity index is 0.000000145. The Kier molecular flexibility index (Phi) is 28.8. The van der Waals surface area contributed by atoms with Gasteiger partial charge < -0.3 is 66.7 Å². The number of nitrogens with zero attached hydrogens (tertiary/aromatic N) is 12. The Labute approximate surface area is 750 Å². The number of hydrogen-bond donors (Lipinski definition) is 1. The number of carbonyl (C=O) groups is 7. The van der Waals surface area contributed by atoms with Crippen LogP contribution in [-0.4, -0.2) is 257 Å². The molecule has 8 aliphatic heterocycles. The summed E-state index contributed by atoms with van der Waals surface area (Å²) in [4.78, 5) is 105. The van der Waals surface area contributed by atoms with E-state index in [1.807, 2.05) is 67.2 Å². The average molecular weight is 1830 g/mol. The van der Waals surface area contributed by atoms with Crippen LogP contribution in [0, 0.1) is 0 Å². The molecular weight excluding hydrogens is 1710 g/mol. The average Bonchev–Trinajstić information content (AvgIpc) is 1.66. The van der Waals surface area contributed by atoms with Crippen molar-refractivity contribution in [2.75, 3.05) is 135 Å². The van der Waals surface area contributed by atoms with E-state index in [1.54, 1.807) is 73.4 Å². The summed E-state index contributed by atoms with van der Waals surface area (Å²) in [6, 6.07) is 33.9. The Morgan fingerprint density at radius 2 is 0.748 bits per heavy atom. The van der Waals surface area contributed by atoms with Crippen LogP contribution in [-0.2, 0) is 48.3 Å². The molecule has 4 aromatic carbocycles. The van der Waals surface area contributed by atoms with E-state index < -0.39 is 35.0 Å². The highest BCUT2D eigenvalue weighted by molar-refractivity contribution is 6.33. The van der Waals surface area contributed by atoms with E-state index in [0.717, 1.165) is 82.0 Å². The largest absolute Gasteiger partial charge is 0.506 e. The molecule has 1 atom stereocenters. The van der Waals surface area contributed by atoms with Crippen LogP contribution in [0.3, 0.4) is 0 Å². The van der Waals surface area contributed by atoms with Crippen molar-refractivity contribution in [3.05, 3.63) is 199 Å². The zero-order valence-corrected chi connectivity index (χ0v) is 75.8. The van der Waals surface area contributed by atoms with Crippen LogP contribution >= 0.6 is 34.8 Å². The van der Waals surface area contributed by atoms with Gasteiger partial charge in [-0.15, -0.1) is 0 Å². The molecule has 0 bridgehead atoms. The lowest BCUT2D eigenvalue weighted by Crippen LogP contribution is -2.59. The van der Waals surface area contributed by atoms with Gasteiger partial charge in [0.2, 0.25) is 0 Å². The van der Waals surface area contributed by atoms with Crippen molar-refractivity contribution in [2.24, 2.45) is 0 Å². The molecule has 16 rings (SSSR count). The van der Waals surface area contributed by atoms with Gasteiger partial charge in [0, 0.05) is 156 Å². The first-order chi connectivity index (χ1) is 60.4. The standard InChI is InChI=1S/C26H35N3O4.C23H30ClN3O3.2C22H23ClF3N3O3/c1-5-6-17-33-22-9-7-20(18-23(22)32-4)25(31)28-13-11-26(12-14-28)24-10-8-21(19(2)30)29(24)16-15-27(26)3;1-4-15-30-18-6-5-17(16-19(18)29-3)22(28)26-11-9-23(10-12-26)20-7-8-21(24)27(20)14-13-25(23)2;1-13-12-29-16(19(31)22(24,25)26)4-6-18(29)21(27(13)2)7-9-28(10-8-21)20(32)14-3-5-17(30)15(23)11-14;1-27-11-12-29-16(19(30)22(24,25)26)4-6-18(29)21(27)7-9-28(10-8-21)20(31)14-3-5-17(32-2)15(23)13-14/h7-10,18H,5-6,11-17H2,1-4H3;5-8,16H,4,9-15H2,1-3H3;3-6,11,13,30H,7-10,12H2,1-2H3;3-6,13H,7-12H2,1-2H3/t;;13-;/m..0./s1. The van der Waals surface area contributed by atoms with Crippen molar-refractivity contribution in [1.82, 2.24) is 57.5 Å². The van der Waals surface area contributed by atoms with Crippen LogP contribution in [0.2, 0.25) is 15.2 Å². The van der Waals surface area contributed by atoms with E-state index >= 15 is 0 Å². The number of phenolic OH excluding ortho intramolecular Hbond substituents is 1. The minimum atomic E-state index is -4.93. The second-order valence-electron chi connectivity index (χ2n) is 33.9. The number of alkyl halides is 6. The van der Waals surface area contributed by atoms with Crippen molar-refractivity contribution in [2.45, 2.75) is 165 Å². The van der Waals surface area contributed by atoms with E-state index in [0.29, 0.717) is 172 Å². The number of rotatable bonds is 17. The zero-order valence-electron chi connectivity index (χ0n) is 73.5. The molecule has 684 valence electrons. The number of ether oxygens (including phenoxy) is 5. The Morgan fingerprint density at radius 3 is 1.14 bits per heavy atom. The number of carbonyl (C=O) groups excluding carboxylic acids is 7. The van der Waals surface area contributed by atoms with Crippen LogP contribution in [0.4, 0.5) is 26.3 Å². The fourth-order valence-corrected chi connectivity index (χ4v) is 20.4. The number of benzene rings is 4. The van der Waals surface area contributed by atoms with Crippen LogP contribution in [0.1, 0.15) is 194 Å². The Morgan fingerprint density at radius 1 is 0.402 bits per heavy atom. The molecule has 12 heterocycles. The number of amides is 4. The zero-order chi connectivity index (χ0) is 91.6. The van der Waals surface area contributed by atoms with Gasteiger partial charge in [-0.1, -0.05) is 55.1 Å². The molecule has 8 aromatic rings. The quantitative estimate of drug-likeness (QED) is 0.0507. The summed E-state index contributed by atoms with van der Waals surface area (Å²) in [7, 11) is 12.9. The van der Waals surface area contributed by atoms with Crippen molar-refractivity contribution in [3.8, 4) is 34.5 Å². The van der Waals surface area contributed by atoms with Crippen LogP contribution in [0.15, 0.2) is 121 Å². The lowest BCUT2D eigenvalue weighted by atomic mass is 9.80. The molecule has 4 aromatic heterocycles. The number of halogens is 9. The minimum absolute atomic E-state index is 0.0153. The van der Waals surface area contributed by atoms with Gasteiger partial charge in [-0.3, -0.25) is 53.2 Å². The smallest absolute Gasteiger partial charge is 0.456 e. The van der Waals surface area contributed by atoms with Gasteiger partial charge in [0.05, 0.1) is 83.8 Å². The summed E-state index contributed by atoms with van der Waals surface area (Å²) in [6.07, 6.45) is -1.32. The number of Topliss-reactive ketones (excluding diaryl/α,β-unsaturated/α-hetero) is 3. The third-order valence-corrected chi connectivity index (χ3v) is 28.1. The number of likely N-dealkylation sites (tertiary alicyclic amines) is 4. The van der Waals surface area contributed by atoms with Crippen molar-refractivity contribution < 1.29 is 88.7 Å². The lowest BCUT2D eigenvalue weighted by molar-refractivity contribution is -0.0896. The number of piperidine rings is 4. The Hall–Kier alpha value is -10.0. The molecule has 4 fully saturated rings. The molecule has 4 spiro atoms. The van der Waals surface area contributed by atoms with Gasteiger partial charge in [-0.2, -0.15) is 26.3 Å². The normalized spacial score (nSPS) is 18.9. The van der Waals surface area contributed by atoms with E-state index in [1.165, 1.54) is 58.0 Å². The number of ketones is 3. The molecule has 4 amide bonds. The maximum absolute atomic E-state index is 13.3. The van der Waals surface area contributed by atoms with E-state index in [2.05, 4.69) is 68.8 Å². The molecule has 1 N–H and O–H groups in total. The maximum atomic E-state index is 13.3. The highest BCUT2D eigenvalue weighted by atomic mass is 35.5. The maximum Gasteiger partial charge on any atom is 0.456 e. The molecule has 127 heavy (non-hydrogen) atoms. The third-order valence-electron chi connectivity index (χ3n) is 27.2. The summed E-state index contributed by atoms with van der Waals surface area (Å²) >= 11 is 18.5. The summed E-state index contributed by atoms with van der Waals surface area (Å²) in [6.45, 7) is 18.1. The number of likely N-dealkylation sites (N-methyl/N-ethyl adjacent to an activating group) is 4. The third kappa shape index (κ3) is 18.7. The van der Waals surface area contributed by atoms with Gasteiger partial charge in [0.15, 0.2) is 28.8 Å². The minimum Gasteiger partial charge on any atom is -0.506 e. The molecule has 8 aliphatic rings. The summed E-state index contributed by atoms with van der Waals surface area (Å²) in [5.41, 5.74) is 4.69. The first-order valence-electron chi connectivity index (χ1n) is 43.1. The molecule has 4 saturated heterocycles. The van der Waals surface area contributed by atoms with Crippen molar-refractivity contribution >= 4 is 75.8 Å². The molecule has 0 aliphatic carbocycles.